The average molecular weight is 421 g/mol. The lowest BCUT2D eigenvalue weighted by Gasteiger charge is -2.10. The minimum Gasteiger partial charge on any atom is -0.456 e. The number of nitrogens with one attached hydrogen (secondary N) is 2. The monoisotopic (exact) mass is 421 g/mol. The summed E-state index contributed by atoms with van der Waals surface area (Å²) < 4.78 is 5.04. The smallest absolute Gasteiger partial charge is 0.306 e. The van der Waals surface area contributed by atoms with Crippen molar-refractivity contribution in [1.82, 2.24) is 9.97 Å². The number of anilines is 1. The molecule has 0 spiro atoms. The third-order valence-electron chi connectivity index (χ3n) is 5.20. The van der Waals surface area contributed by atoms with Crippen LogP contribution < -0.4 is 10.9 Å². The molecule has 31 heavy (non-hydrogen) atoms. The van der Waals surface area contributed by atoms with Gasteiger partial charge in [-0.1, -0.05) is 38.1 Å². The lowest BCUT2D eigenvalue weighted by molar-refractivity contribution is -0.147. The number of aryl methyl sites for hydroxylation is 1. The highest BCUT2D eigenvalue weighted by atomic mass is 16.5. The Morgan fingerprint density at radius 3 is 2.61 bits per heavy atom. The van der Waals surface area contributed by atoms with Gasteiger partial charge in [0.05, 0.1) is 10.9 Å². The van der Waals surface area contributed by atoms with Gasteiger partial charge in [0, 0.05) is 18.5 Å². The second-order valence-corrected chi connectivity index (χ2v) is 7.52. The van der Waals surface area contributed by atoms with Crippen molar-refractivity contribution in [3.8, 4) is 0 Å². The molecule has 0 aliphatic carbocycles. The van der Waals surface area contributed by atoms with Crippen LogP contribution in [0.25, 0.3) is 10.9 Å². The van der Waals surface area contributed by atoms with Crippen molar-refractivity contribution in [2.45, 2.75) is 45.4 Å². The molecule has 3 aromatic rings. The summed E-state index contributed by atoms with van der Waals surface area (Å²) in [5.74, 6) is 0.138. The number of para-hydroxylation sites is 1. The molecule has 1 amide bonds. The molecule has 2 N–H and O–H groups in total. The van der Waals surface area contributed by atoms with E-state index in [4.69, 9.17) is 4.74 Å². The van der Waals surface area contributed by atoms with Gasteiger partial charge in [-0.2, -0.15) is 0 Å². The molecular formula is C24H27N3O4. The second kappa shape index (κ2) is 10.5. The maximum Gasteiger partial charge on any atom is 0.306 e. The fourth-order valence-electron chi connectivity index (χ4n) is 3.20. The number of nitrogens with zero attached hydrogens (tertiary/aromatic N) is 1. The topological polar surface area (TPSA) is 101 Å². The van der Waals surface area contributed by atoms with Crippen molar-refractivity contribution in [2.24, 2.45) is 0 Å². The highest BCUT2D eigenvalue weighted by molar-refractivity contribution is 5.92. The number of ether oxygens (including phenoxy) is 1. The number of esters is 1. The number of carbonyl (C=O) groups excluding carboxylic acids is 2. The van der Waals surface area contributed by atoms with Gasteiger partial charge in [0.2, 0.25) is 0 Å². The summed E-state index contributed by atoms with van der Waals surface area (Å²) in [5.41, 5.74) is 2.31. The summed E-state index contributed by atoms with van der Waals surface area (Å²) in [7, 11) is 0. The quantitative estimate of drug-likeness (QED) is 0.510. The van der Waals surface area contributed by atoms with Crippen LogP contribution >= 0.6 is 0 Å². The van der Waals surface area contributed by atoms with E-state index in [2.05, 4.69) is 29.1 Å². The van der Waals surface area contributed by atoms with Gasteiger partial charge in [-0.25, -0.2) is 4.98 Å². The first kappa shape index (κ1) is 22.2. The normalized spacial score (nSPS) is 11.8. The van der Waals surface area contributed by atoms with Crippen LogP contribution in [0.15, 0.2) is 53.3 Å². The van der Waals surface area contributed by atoms with Crippen molar-refractivity contribution in [2.75, 3.05) is 11.9 Å². The Kier molecular flexibility index (Phi) is 7.54. The van der Waals surface area contributed by atoms with E-state index < -0.39 is 5.97 Å². The second-order valence-electron chi connectivity index (χ2n) is 7.52. The standard InChI is InChI=1S/C24H27N3O4/c1-3-16(2)17-11-13-18(14-12-17)25-22(28)15-31-23(29)10-6-9-21-26-20-8-5-4-7-19(20)24(30)27-21/h4-5,7-8,11-14,16H,3,6,9-10,15H2,1-2H3,(H,25,28)(H,26,27,30)/t16-/m1/s1. The number of hydrogen-bond donors (Lipinski definition) is 2. The average Bonchev–Trinajstić information content (AvgIpc) is 2.78. The maximum absolute atomic E-state index is 12.1. The largest absolute Gasteiger partial charge is 0.456 e. The number of rotatable bonds is 9. The van der Waals surface area contributed by atoms with Gasteiger partial charge in [-0.3, -0.25) is 14.4 Å². The third kappa shape index (κ3) is 6.25. The Morgan fingerprint density at radius 1 is 1.13 bits per heavy atom. The van der Waals surface area contributed by atoms with Crippen LogP contribution in [-0.4, -0.2) is 28.5 Å². The molecule has 0 fully saturated rings. The summed E-state index contributed by atoms with van der Waals surface area (Å²) in [6, 6.07) is 14.8. The zero-order chi connectivity index (χ0) is 22.2. The van der Waals surface area contributed by atoms with Crippen molar-refractivity contribution >= 4 is 28.5 Å². The molecule has 0 radical (unpaired) electrons. The number of fused-ring (bicyclic) bond motifs is 1. The highest BCUT2D eigenvalue weighted by Gasteiger charge is 2.10. The molecule has 0 saturated carbocycles. The van der Waals surface area contributed by atoms with Crippen LogP contribution in [0.5, 0.6) is 0 Å². The number of aromatic amines is 1. The number of carbonyl (C=O) groups is 2. The molecule has 1 aromatic heterocycles. The molecule has 162 valence electrons. The first-order chi connectivity index (χ1) is 15.0. The lowest BCUT2D eigenvalue weighted by atomic mass is 9.99. The third-order valence-corrected chi connectivity index (χ3v) is 5.20. The fraction of sp³-hybridized carbons (Fsp3) is 0.333. The van der Waals surface area contributed by atoms with E-state index in [1.165, 1.54) is 5.56 Å². The molecule has 1 atom stereocenters. The predicted molar refractivity (Wildman–Crippen MR) is 120 cm³/mol. The number of aromatic nitrogens is 2. The van der Waals surface area contributed by atoms with Gasteiger partial charge in [-0.05, 0) is 48.6 Å². The molecule has 0 aliphatic rings. The zero-order valence-corrected chi connectivity index (χ0v) is 17.8. The molecular weight excluding hydrogens is 394 g/mol. The van der Waals surface area contributed by atoms with Gasteiger partial charge < -0.3 is 15.0 Å². The fourth-order valence-corrected chi connectivity index (χ4v) is 3.20. The molecule has 3 rings (SSSR count). The van der Waals surface area contributed by atoms with Crippen LogP contribution in [-0.2, 0) is 20.7 Å². The lowest BCUT2D eigenvalue weighted by Crippen LogP contribution is -2.21. The van der Waals surface area contributed by atoms with Gasteiger partial charge in [0.1, 0.15) is 5.82 Å². The first-order valence-corrected chi connectivity index (χ1v) is 10.5. The maximum atomic E-state index is 12.1. The van der Waals surface area contributed by atoms with Gasteiger partial charge in [0.15, 0.2) is 6.61 Å². The van der Waals surface area contributed by atoms with Crippen molar-refractivity contribution in [3.05, 3.63) is 70.3 Å². The van der Waals surface area contributed by atoms with Gasteiger partial charge >= 0.3 is 5.97 Å². The predicted octanol–water partition coefficient (Wildman–Crippen LogP) is 3.94. The van der Waals surface area contributed by atoms with Crippen LogP contribution in [0, 0.1) is 0 Å². The van der Waals surface area contributed by atoms with Gasteiger partial charge in [-0.15, -0.1) is 0 Å². The Bertz CT molecular complexity index is 1110. The highest BCUT2D eigenvalue weighted by Crippen LogP contribution is 2.20. The number of hydrogen-bond acceptors (Lipinski definition) is 5. The van der Waals surface area contributed by atoms with E-state index >= 15 is 0 Å². The molecule has 0 aliphatic heterocycles. The summed E-state index contributed by atoms with van der Waals surface area (Å²) in [5, 5.41) is 3.25. The van der Waals surface area contributed by atoms with Crippen molar-refractivity contribution in [1.29, 1.82) is 0 Å². The summed E-state index contributed by atoms with van der Waals surface area (Å²) in [4.78, 5) is 43.1. The van der Waals surface area contributed by atoms with Crippen LogP contribution in [0.4, 0.5) is 5.69 Å². The number of amides is 1. The Morgan fingerprint density at radius 2 is 1.87 bits per heavy atom. The van der Waals surface area contributed by atoms with Crippen molar-refractivity contribution in [3.63, 3.8) is 0 Å². The molecule has 7 nitrogen and oxygen atoms in total. The van der Waals surface area contributed by atoms with Crippen LogP contribution in [0.1, 0.15) is 50.4 Å². The molecule has 0 saturated heterocycles. The molecule has 7 heteroatoms. The number of benzene rings is 2. The molecule has 0 bridgehead atoms. The van der Waals surface area contributed by atoms with Crippen molar-refractivity contribution < 1.29 is 14.3 Å². The minimum absolute atomic E-state index is 0.132. The SMILES string of the molecule is CC[C@@H](C)c1ccc(NC(=O)COC(=O)CCCc2nc3ccccc3c(=O)[nH]2)cc1. The van der Waals surface area contributed by atoms with E-state index in [1.54, 1.807) is 18.2 Å². The summed E-state index contributed by atoms with van der Waals surface area (Å²) >= 11 is 0. The minimum atomic E-state index is -0.467. The summed E-state index contributed by atoms with van der Waals surface area (Å²) in [6.45, 7) is 3.95. The van der Waals surface area contributed by atoms with Crippen LogP contribution in [0.3, 0.4) is 0 Å². The number of H-pyrrole nitrogens is 1. The van der Waals surface area contributed by atoms with Gasteiger partial charge in [0.25, 0.3) is 11.5 Å². The van der Waals surface area contributed by atoms with Crippen LogP contribution in [0.2, 0.25) is 0 Å². The molecule has 2 aromatic carbocycles. The Hall–Kier alpha value is -3.48. The van der Waals surface area contributed by atoms with E-state index in [0.29, 0.717) is 41.2 Å². The molecule has 0 unspecified atom stereocenters. The first-order valence-electron chi connectivity index (χ1n) is 10.5. The Balaban J connectivity index is 1.41. The van der Waals surface area contributed by atoms with E-state index in [0.717, 1.165) is 6.42 Å². The summed E-state index contributed by atoms with van der Waals surface area (Å²) in [6.07, 6.45) is 2.07. The molecule has 1 heterocycles. The van der Waals surface area contributed by atoms with E-state index in [-0.39, 0.29) is 24.5 Å². The zero-order valence-electron chi connectivity index (χ0n) is 17.8. The van der Waals surface area contributed by atoms with E-state index in [9.17, 15) is 14.4 Å². The van der Waals surface area contributed by atoms with E-state index in [1.807, 2.05) is 30.3 Å². The Labute approximate surface area is 180 Å².